The molecule has 0 spiro atoms. The van der Waals surface area contributed by atoms with Crippen LogP contribution in [0.1, 0.15) is 34.3 Å². The summed E-state index contributed by atoms with van der Waals surface area (Å²) in [4.78, 5) is 26.2. The van der Waals surface area contributed by atoms with Crippen LogP contribution in [-0.2, 0) is 11.3 Å². The first-order valence-electron chi connectivity index (χ1n) is 8.98. The Labute approximate surface area is 168 Å². The highest BCUT2D eigenvalue weighted by Gasteiger charge is 2.30. The quantitative estimate of drug-likeness (QED) is 0.651. The number of carboxylic acid groups (broad SMARTS) is 1. The summed E-state index contributed by atoms with van der Waals surface area (Å²) in [5, 5.41) is 10.0. The van der Waals surface area contributed by atoms with Gasteiger partial charge in [-0.1, -0.05) is 48.0 Å². The van der Waals surface area contributed by atoms with Crippen molar-refractivity contribution in [1.29, 1.82) is 0 Å². The predicted octanol–water partition coefficient (Wildman–Crippen LogP) is 5.36. The van der Waals surface area contributed by atoms with Gasteiger partial charge in [0.05, 0.1) is 18.2 Å². The van der Waals surface area contributed by atoms with E-state index in [2.05, 4.69) is 0 Å². The van der Waals surface area contributed by atoms with Gasteiger partial charge >= 0.3 is 5.97 Å². The fourth-order valence-electron chi connectivity index (χ4n) is 3.51. The molecule has 0 fully saturated rings. The minimum atomic E-state index is -0.889. The Balaban J connectivity index is 1.84. The van der Waals surface area contributed by atoms with Gasteiger partial charge in [0, 0.05) is 16.1 Å². The predicted molar refractivity (Wildman–Crippen MR) is 110 cm³/mol. The van der Waals surface area contributed by atoms with Gasteiger partial charge < -0.3 is 10.0 Å². The fraction of sp³-hybridized carbons (Fsp3) is 0.130. The lowest BCUT2D eigenvalue weighted by molar-refractivity contribution is -0.138. The van der Waals surface area contributed by atoms with Crippen LogP contribution in [0.5, 0.6) is 0 Å². The van der Waals surface area contributed by atoms with Gasteiger partial charge in [-0.3, -0.25) is 9.59 Å². The molecule has 28 heavy (non-hydrogen) atoms. The largest absolute Gasteiger partial charge is 0.481 e. The zero-order valence-electron chi connectivity index (χ0n) is 15.2. The molecule has 1 atom stereocenters. The Morgan fingerprint density at radius 3 is 2.43 bits per heavy atom. The molecule has 1 aliphatic rings. The second-order valence-corrected chi connectivity index (χ2v) is 7.33. The lowest BCUT2D eigenvalue weighted by Crippen LogP contribution is -2.24. The number of benzene rings is 3. The van der Waals surface area contributed by atoms with Crippen molar-refractivity contribution in [1.82, 2.24) is 0 Å². The van der Waals surface area contributed by atoms with Gasteiger partial charge in [-0.2, -0.15) is 0 Å². The summed E-state index contributed by atoms with van der Waals surface area (Å²) in [6, 6.07) is 20.4. The van der Waals surface area contributed by atoms with Crippen LogP contribution < -0.4 is 4.90 Å². The molecule has 3 aromatic rings. The van der Waals surface area contributed by atoms with Crippen molar-refractivity contribution in [3.05, 3.63) is 88.4 Å². The summed E-state index contributed by atoms with van der Waals surface area (Å²) in [6.07, 6.45) is 0. The van der Waals surface area contributed by atoms with Crippen molar-refractivity contribution in [2.24, 2.45) is 0 Å². The molecule has 4 rings (SSSR count). The number of nitrogens with zero attached hydrogens (tertiary/aromatic N) is 1. The number of carboxylic acids is 1. The normalized spacial score (nSPS) is 14.1. The molecule has 0 saturated carbocycles. The molecule has 1 heterocycles. The van der Waals surface area contributed by atoms with E-state index >= 15 is 0 Å². The van der Waals surface area contributed by atoms with E-state index in [0.29, 0.717) is 22.7 Å². The molecule has 0 radical (unpaired) electrons. The summed E-state index contributed by atoms with van der Waals surface area (Å²) in [5.74, 6) is -1.59. The van der Waals surface area contributed by atoms with E-state index in [1.54, 1.807) is 30.0 Å². The van der Waals surface area contributed by atoms with Gasteiger partial charge in [0.15, 0.2) is 0 Å². The average molecular weight is 392 g/mol. The summed E-state index contributed by atoms with van der Waals surface area (Å²) >= 11 is 6.03. The van der Waals surface area contributed by atoms with Crippen LogP contribution in [0.4, 0.5) is 5.69 Å². The van der Waals surface area contributed by atoms with Gasteiger partial charge in [-0.15, -0.1) is 0 Å². The molecule has 0 aliphatic carbocycles. The Hall–Kier alpha value is -3.11. The van der Waals surface area contributed by atoms with Crippen LogP contribution in [-0.4, -0.2) is 17.0 Å². The lowest BCUT2D eigenvalue weighted by atomic mass is 9.94. The van der Waals surface area contributed by atoms with Crippen LogP contribution in [0.15, 0.2) is 66.7 Å². The SMILES string of the molecule is CC(C(=O)O)c1ccc(N2Cc3ccccc3C2=O)c(-c2ccc(Cl)cc2)c1. The maximum Gasteiger partial charge on any atom is 0.310 e. The van der Waals surface area contributed by atoms with Gasteiger partial charge in [0.1, 0.15) is 0 Å². The van der Waals surface area contributed by atoms with Crippen LogP contribution in [0.25, 0.3) is 11.1 Å². The highest BCUT2D eigenvalue weighted by Crippen LogP contribution is 2.38. The minimum Gasteiger partial charge on any atom is -0.481 e. The van der Waals surface area contributed by atoms with Gasteiger partial charge in [-0.25, -0.2) is 0 Å². The zero-order chi connectivity index (χ0) is 19.8. The van der Waals surface area contributed by atoms with Gasteiger partial charge in [-0.05, 0) is 53.9 Å². The standard InChI is InChI=1S/C23H18ClNO3/c1-14(23(27)28)16-8-11-21(20(12-16)15-6-9-18(24)10-7-15)25-13-17-4-2-3-5-19(17)22(25)26/h2-12,14H,13H2,1H3,(H,27,28). The Morgan fingerprint density at radius 1 is 1.04 bits per heavy atom. The van der Waals surface area contributed by atoms with Crippen molar-refractivity contribution in [2.75, 3.05) is 4.90 Å². The number of hydrogen-bond acceptors (Lipinski definition) is 2. The maximum absolute atomic E-state index is 13.0. The minimum absolute atomic E-state index is 0.0511. The summed E-state index contributed by atoms with van der Waals surface area (Å²) in [7, 11) is 0. The van der Waals surface area contributed by atoms with E-state index in [-0.39, 0.29) is 5.91 Å². The number of hydrogen-bond donors (Lipinski definition) is 1. The molecule has 1 N–H and O–H groups in total. The lowest BCUT2D eigenvalue weighted by Gasteiger charge is -2.22. The maximum atomic E-state index is 13.0. The second-order valence-electron chi connectivity index (χ2n) is 6.89. The van der Waals surface area contributed by atoms with Crippen molar-refractivity contribution >= 4 is 29.2 Å². The average Bonchev–Trinajstić information content (AvgIpc) is 3.04. The first kappa shape index (κ1) is 18.3. The molecule has 1 aliphatic heterocycles. The molecule has 0 aromatic heterocycles. The first-order valence-corrected chi connectivity index (χ1v) is 9.36. The summed E-state index contributed by atoms with van der Waals surface area (Å²) in [6.45, 7) is 2.14. The number of anilines is 1. The number of aliphatic carboxylic acids is 1. The number of amides is 1. The molecule has 1 unspecified atom stereocenters. The van der Waals surface area contributed by atoms with Crippen molar-refractivity contribution in [3.63, 3.8) is 0 Å². The third kappa shape index (κ3) is 3.16. The second kappa shape index (κ2) is 7.13. The zero-order valence-corrected chi connectivity index (χ0v) is 16.0. The number of carbonyl (C=O) groups is 2. The number of rotatable bonds is 4. The summed E-state index contributed by atoms with van der Waals surface area (Å²) in [5.41, 5.74) is 4.81. The van der Waals surface area contributed by atoms with Crippen LogP contribution >= 0.6 is 11.6 Å². The topological polar surface area (TPSA) is 57.6 Å². The molecule has 140 valence electrons. The molecule has 0 saturated heterocycles. The molecule has 5 heteroatoms. The third-order valence-corrected chi connectivity index (χ3v) is 5.41. The molecular weight excluding hydrogens is 374 g/mol. The van der Waals surface area contributed by atoms with Gasteiger partial charge in [0.25, 0.3) is 5.91 Å². The third-order valence-electron chi connectivity index (χ3n) is 5.16. The van der Waals surface area contributed by atoms with Crippen molar-refractivity contribution in [2.45, 2.75) is 19.4 Å². The molecular formula is C23H18ClNO3. The molecule has 1 amide bonds. The molecule has 3 aromatic carbocycles. The van der Waals surface area contributed by atoms with E-state index in [4.69, 9.17) is 11.6 Å². The number of fused-ring (bicyclic) bond motifs is 1. The molecule has 4 nitrogen and oxygen atoms in total. The van der Waals surface area contributed by atoms with Crippen LogP contribution in [0.2, 0.25) is 5.02 Å². The highest BCUT2D eigenvalue weighted by molar-refractivity contribution is 6.30. The highest BCUT2D eigenvalue weighted by atomic mass is 35.5. The summed E-state index contributed by atoms with van der Waals surface area (Å²) < 4.78 is 0. The monoisotopic (exact) mass is 391 g/mol. The van der Waals surface area contributed by atoms with E-state index in [0.717, 1.165) is 22.4 Å². The van der Waals surface area contributed by atoms with Gasteiger partial charge in [0.2, 0.25) is 0 Å². The Bertz CT molecular complexity index is 1080. The van der Waals surface area contributed by atoms with E-state index < -0.39 is 11.9 Å². The Morgan fingerprint density at radius 2 is 1.75 bits per heavy atom. The van der Waals surface area contributed by atoms with Crippen LogP contribution in [0, 0.1) is 0 Å². The first-order chi connectivity index (χ1) is 13.5. The Kier molecular flexibility index (Phi) is 4.65. The van der Waals surface area contributed by atoms with Crippen LogP contribution in [0.3, 0.4) is 0 Å². The fourth-order valence-corrected chi connectivity index (χ4v) is 3.64. The van der Waals surface area contributed by atoms with E-state index in [1.165, 1.54) is 0 Å². The van der Waals surface area contributed by atoms with E-state index in [1.807, 2.05) is 48.5 Å². The number of carbonyl (C=O) groups excluding carboxylic acids is 1. The van der Waals surface area contributed by atoms with Crippen molar-refractivity contribution < 1.29 is 14.7 Å². The van der Waals surface area contributed by atoms with E-state index in [9.17, 15) is 14.7 Å². The smallest absolute Gasteiger partial charge is 0.310 e. The molecule has 0 bridgehead atoms. The number of halogens is 1. The van der Waals surface area contributed by atoms with Crippen molar-refractivity contribution in [3.8, 4) is 11.1 Å².